The highest BCUT2D eigenvalue weighted by atomic mass is 16.2. The molecule has 0 bridgehead atoms. The molecule has 2 fully saturated rings. The normalized spacial score (nSPS) is 25.9. The summed E-state index contributed by atoms with van der Waals surface area (Å²) in [6.07, 6.45) is 11.6. The maximum Gasteiger partial charge on any atom is 0.247 e. The molecule has 2 amide bonds. The van der Waals surface area contributed by atoms with Crippen molar-refractivity contribution < 1.29 is 9.59 Å². The minimum Gasteiger partial charge on any atom is -0.292 e. The van der Waals surface area contributed by atoms with Gasteiger partial charge in [0.1, 0.15) is 0 Å². The summed E-state index contributed by atoms with van der Waals surface area (Å²) in [5.74, 6) is 2.54. The first-order valence-electron chi connectivity index (χ1n) is 7.25. The van der Waals surface area contributed by atoms with E-state index in [0.29, 0.717) is 0 Å². The van der Waals surface area contributed by atoms with Crippen LogP contribution in [-0.2, 0) is 9.59 Å². The lowest BCUT2D eigenvalue weighted by molar-refractivity contribution is -0.141. The molecule has 0 aromatic carbocycles. The van der Waals surface area contributed by atoms with Crippen LogP contribution in [0, 0.1) is 12.3 Å². The van der Waals surface area contributed by atoms with Crippen LogP contribution in [0.25, 0.3) is 0 Å². The summed E-state index contributed by atoms with van der Waals surface area (Å²) in [5.41, 5.74) is 0. The van der Waals surface area contributed by atoms with Crippen molar-refractivity contribution in [2.75, 3.05) is 0 Å². The molecule has 104 valence electrons. The van der Waals surface area contributed by atoms with Gasteiger partial charge in [-0.1, -0.05) is 32.1 Å². The predicted octanol–water partition coefficient (Wildman–Crippen LogP) is 1.45. The van der Waals surface area contributed by atoms with E-state index in [4.69, 9.17) is 6.42 Å². The fourth-order valence-electron chi connectivity index (χ4n) is 3.07. The topological polar surface area (TPSA) is 49.4 Å². The Kier molecular flexibility index (Phi) is 4.60. The first-order valence-corrected chi connectivity index (χ1v) is 7.25. The largest absolute Gasteiger partial charge is 0.292 e. The van der Waals surface area contributed by atoms with E-state index in [0.717, 1.165) is 38.5 Å². The summed E-state index contributed by atoms with van der Waals surface area (Å²) < 4.78 is 0. The van der Waals surface area contributed by atoms with E-state index in [1.165, 1.54) is 4.90 Å². The zero-order valence-corrected chi connectivity index (χ0v) is 11.5. The lowest BCUT2D eigenvalue weighted by Gasteiger charge is -2.23. The van der Waals surface area contributed by atoms with Crippen LogP contribution < -0.4 is 5.32 Å². The second-order valence-corrected chi connectivity index (χ2v) is 5.47. The maximum absolute atomic E-state index is 12.3. The summed E-state index contributed by atoms with van der Waals surface area (Å²) in [7, 11) is 0. The number of nitrogens with one attached hydrogen (secondary N) is 1. The Hall–Kier alpha value is -1.34. The fourth-order valence-corrected chi connectivity index (χ4v) is 3.07. The summed E-state index contributed by atoms with van der Waals surface area (Å²) in [5, 5.41) is 3.15. The van der Waals surface area contributed by atoms with Gasteiger partial charge in [0.05, 0.1) is 18.5 Å². The van der Waals surface area contributed by atoms with Crippen LogP contribution in [0.1, 0.15) is 51.9 Å². The van der Waals surface area contributed by atoms with Gasteiger partial charge in [-0.05, 0) is 19.3 Å². The van der Waals surface area contributed by atoms with Gasteiger partial charge in [0.25, 0.3) is 0 Å². The molecule has 2 aliphatic rings. The van der Waals surface area contributed by atoms with Crippen LogP contribution in [0.15, 0.2) is 0 Å². The SMILES string of the molecule is C#CC(CCC)NC1CC(=O)N(C2CCCC2)C1=O. The molecule has 4 heteroatoms. The number of amides is 2. The van der Waals surface area contributed by atoms with Crippen molar-refractivity contribution in [1.82, 2.24) is 10.2 Å². The van der Waals surface area contributed by atoms with Crippen LogP contribution in [-0.4, -0.2) is 34.8 Å². The van der Waals surface area contributed by atoms with Crippen molar-refractivity contribution in [2.24, 2.45) is 0 Å². The van der Waals surface area contributed by atoms with E-state index in [2.05, 4.69) is 18.2 Å². The quantitative estimate of drug-likeness (QED) is 0.602. The van der Waals surface area contributed by atoms with Crippen molar-refractivity contribution in [3.05, 3.63) is 0 Å². The molecule has 19 heavy (non-hydrogen) atoms. The Bertz CT molecular complexity index is 393. The van der Waals surface area contributed by atoms with E-state index in [1.54, 1.807) is 0 Å². The molecular formula is C15H22N2O2. The minimum atomic E-state index is -0.416. The molecule has 4 nitrogen and oxygen atoms in total. The van der Waals surface area contributed by atoms with Gasteiger partial charge in [0, 0.05) is 6.04 Å². The molecule has 1 saturated heterocycles. The Morgan fingerprint density at radius 3 is 2.68 bits per heavy atom. The molecule has 0 spiro atoms. The first-order chi connectivity index (χ1) is 9.17. The summed E-state index contributed by atoms with van der Waals surface area (Å²) in [4.78, 5) is 25.8. The molecule has 1 aliphatic heterocycles. The van der Waals surface area contributed by atoms with Gasteiger partial charge in [-0.2, -0.15) is 0 Å². The maximum atomic E-state index is 12.3. The minimum absolute atomic E-state index is 0.0401. The molecule has 1 aliphatic carbocycles. The average molecular weight is 262 g/mol. The lowest BCUT2D eigenvalue weighted by atomic mass is 10.1. The number of imide groups is 1. The smallest absolute Gasteiger partial charge is 0.247 e. The highest BCUT2D eigenvalue weighted by Gasteiger charge is 2.43. The zero-order valence-electron chi connectivity index (χ0n) is 11.5. The van der Waals surface area contributed by atoms with Gasteiger partial charge in [-0.15, -0.1) is 6.42 Å². The predicted molar refractivity (Wildman–Crippen MR) is 73.2 cm³/mol. The number of nitrogens with zero attached hydrogens (tertiary/aromatic N) is 1. The average Bonchev–Trinajstić information content (AvgIpc) is 2.98. The summed E-state index contributed by atoms with van der Waals surface area (Å²) >= 11 is 0. The Morgan fingerprint density at radius 2 is 2.11 bits per heavy atom. The van der Waals surface area contributed by atoms with E-state index >= 15 is 0 Å². The number of carbonyl (C=O) groups excluding carboxylic acids is 2. The van der Waals surface area contributed by atoms with Gasteiger partial charge >= 0.3 is 0 Å². The second kappa shape index (κ2) is 6.21. The molecular weight excluding hydrogens is 240 g/mol. The lowest BCUT2D eigenvalue weighted by Crippen LogP contribution is -2.45. The zero-order chi connectivity index (χ0) is 13.8. The van der Waals surface area contributed by atoms with Gasteiger partial charge in [0.2, 0.25) is 11.8 Å². The van der Waals surface area contributed by atoms with Gasteiger partial charge in [-0.25, -0.2) is 0 Å². The van der Waals surface area contributed by atoms with E-state index in [1.807, 2.05) is 0 Å². The Morgan fingerprint density at radius 1 is 1.42 bits per heavy atom. The molecule has 2 rings (SSSR count). The number of hydrogen-bond acceptors (Lipinski definition) is 3. The van der Waals surface area contributed by atoms with Crippen LogP contribution in [0.4, 0.5) is 0 Å². The Balaban J connectivity index is 1.99. The van der Waals surface area contributed by atoms with Gasteiger partial charge < -0.3 is 0 Å². The molecule has 0 aromatic rings. The van der Waals surface area contributed by atoms with E-state index in [-0.39, 0.29) is 30.3 Å². The third-order valence-electron chi connectivity index (χ3n) is 4.05. The van der Waals surface area contributed by atoms with Gasteiger partial charge in [-0.3, -0.25) is 19.8 Å². The summed E-state index contributed by atoms with van der Waals surface area (Å²) in [6.45, 7) is 2.05. The van der Waals surface area contributed by atoms with Crippen LogP contribution >= 0.6 is 0 Å². The third kappa shape index (κ3) is 2.98. The molecule has 2 atom stereocenters. The summed E-state index contributed by atoms with van der Waals surface area (Å²) in [6, 6.07) is -0.404. The van der Waals surface area contributed by atoms with Crippen molar-refractivity contribution in [3.63, 3.8) is 0 Å². The van der Waals surface area contributed by atoms with Crippen molar-refractivity contribution in [3.8, 4) is 12.3 Å². The molecule has 1 saturated carbocycles. The molecule has 1 heterocycles. The standard InChI is InChI=1S/C15H22N2O2/c1-3-7-11(4-2)16-13-10-14(18)17(15(13)19)12-8-5-6-9-12/h2,11-13,16H,3,5-10H2,1H3. The van der Waals surface area contributed by atoms with E-state index in [9.17, 15) is 9.59 Å². The van der Waals surface area contributed by atoms with E-state index < -0.39 is 6.04 Å². The van der Waals surface area contributed by atoms with Crippen LogP contribution in [0.3, 0.4) is 0 Å². The third-order valence-corrected chi connectivity index (χ3v) is 4.05. The van der Waals surface area contributed by atoms with Crippen molar-refractivity contribution in [1.29, 1.82) is 0 Å². The fraction of sp³-hybridized carbons (Fsp3) is 0.733. The molecule has 1 N–H and O–H groups in total. The molecule has 0 aromatic heterocycles. The molecule has 0 radical (unpaired) electrons. The first kappa shape index (κ1) is 14.1. The van der Waals surface area contributed by atoms with Crippen molar-refractivity contribution in [2.45, 2.75) is 70.0 Å². The highest BCUT2D eigenvalue weighted by Crippen LogP contribution is 2.28. The monoisotopic (exact) mass is 262 g/mol. The number of carbonyl (C=O) groups is 2. The Labute approximate surface area is 114 Å². The van der Waals surface area contributed by atoms with Crippen LogP contribution in [0.5, 0.6) is 0 Å². The molecule has 2 unspecified atom stereocenters. The second-order valence-electron chi connectivity index (χ2n) is 5.47. The number of likely N-dealkylation sites (tertiary alicyclic amines) is 1. The van der Waals surface area contributed by atoms with Crippen molar-refractivity contribution >= 4 is 11.8 Å². The number of terminal acetylenes is 1. The highest BCUT2D eigenvalue weighted by molar-refractivity contribution is 6.05. The van der Waals surface area contributed by atoms with Crippen LogP contribution in [0.2, 0.25) is 0 Å². The van der Waals surface area contributed by atoms with Gasteiger partial charge in [0.15, 0.2) is 0 Å². The number of hydrogen-bond donors (Lipinski definition) is 1. The number of rotatable bonds is 5.